The van der Waals surface area contributed by atoms with E-state index in [2.05, 4.69) is 4.98 Å². The Morgan fingerprint density at radius 3 is 2.81 bits per heavy atom. The Kier molecular flexibility index (Phi) is 3.41. The molecule has 0 aliphatic heterocycles. The molecule has 0 bridgehead atoms. The van der Waals surface area contributed by atoms with Crippen molar-refractivity contribution in [3.8, 4) is 0 Å². The fourth-order valence-electron chi connectivity index (χ4n) is 2.36. The predicted molar refractivity (Wildman–Crippen MR) is 76.8 cm³/mol. The molecule has 5 heteroatoms. The fraction of sp³-hybridized carbons (Fsp3) is 0.0625. The summed E-state index contributed by atoms with van der Waals surface area (Å²) in [5, 5.41) is 9.60. The summed E-state index contributed by atoms with van der Waals surface area (Å²) >= 11 is 0. The molecule has 0 radical (unpaired) electrons. The molecule has 0 saturated heterocycles. The zero-order valence-electron chi connectivity index (χ0n) is 11.1. The van der Waals surface area contributed by atoms with E-state index in [0.717, 1.165) is 22.2 Å². The number of nitrogens with one attached hydrogen (secondary N) is 2. The normalized spacial score (nSPS) is 10.8. The van der Waals surface area contributed by atoms with E-state index in [1.165, 1.54) is 12.1 Å². The number of hydrogen-bond acceptors (Lipinski definition) is 2. The average molecular weight is 284 g/mol. The van der Waals surface area contributed by atoms with Crippen LogP contribution in [0, 0.1) is 5.82 Å². The van der Waals surface area contributed by atoms with E-state index in [0.29, 0.717) is 12.0 Å². The maximum atomic E-state index is 13.2. The molecular formula is C16H13FN2O2. The largest absolute Gasteiger partial charge is 0.358 e. The van der Waals surface area contributed by atoms with Crippen molar-refractivity contribution in [3.05, 3.63) is 71.2 Å². The average Bonchev–Trinajstić information content (AvgIpc) is 2.87. The first kappa shape index (κ1) is 13.3. The number of benzene rings is 2. The van der Waals surface area contributed by atoms with E-state index >= 15 is 0 Å². The third-order valence-electron chi connectivity index (χ3n) is 3.33. The number of H-pyrrole nitrogens is 1. The van der Waals surface area contributed by atoms with Gasteiger partial charge in [-0.15, -0.1) is 0 Å². The number of aromatic amines is 1. The second-order valence-corrected chi connectivity index (χ2v) is 4.84. The molecule has 4 nitrogen and oxygen atoms in total. The van der Waals surface area contributed by atoms with Crippen molar-refractivity contribution in [2.24, 2.45) is 0 Å². The summed E-state index contributed by atoms with van der Waals surface area (Å²) in [4.78, 5) is 14.6. The van der Waals surface area contributed by atoms with Crippen LogP contribution in [-0.4, -0.2) is 16.1 Å². The molecule has 1 heterocycles. The van der Waals surface area contributed by atoms with Crippen molar-refractivity contribution in [3.63, 3.8) is 0 Å². The van der Waals surface area contributed by atoms with Gasteiger partial charge >= 0.3 is 0 Å². The number of hydroxylamine groups is 1. The Labute approximate surface area is 120 Å². The molecule has 3 aromatic rings. The van der Waals surface area contributed by atoms with E-state index < -0.39 is 5.91 Å². The molecule has 2 aromatic carbocycles. The minimum absolute atomic E-state index is 0.259. The first-order chi connectivity index (χ1) is 10.2. The van der Waals surface area contributed by atoms with Crippen molar-refractivity contribution >= 4 is 16.8 Å². The highest BCUT2D eigenvalue weighted by molar-refractivity contribution is 5.97. The molecule has 21 heavy (non-hydrogen) atoms. The van der Waals surface area contributed by atoms with Crippen LogP contribution in [0.25, 0.3) is 10.9 Å². The van der Waals surface area contributed by atoms with Crippen LogP contribution in [0.5, 0.6) is 0 Å². The molecule has 3 N–H and O–H groups in total. The molecule has 1 amide bonds. The first-order valence-corrected chi connectivity index (χ1v) is 6.46. The van der Waals surface area contributed by atoms with Crippen molar-refractivity contribution in [2.45, 2.75) is 6.42 Å². The minimum atomic E-state index is -0.557. The Morgan fingerprint density at radius 1 is 1.19 bits per heavy atom. The van der Waals surface area contributed by atoms with Gasteiger partial charge < -0.3 is 4.98 Å². The standard InChI is InChI=1S/C16H13FN2O2/c17-13-3-1-2-10(6-13)7-14-8-11-4-5-12(16(20)19-21)9-15(11)18-14/h1-6,8-9,18,21H,7H2,(H,19,20). The molecule has 0 saturated carbocycles. The van der Waals surface area contributed by atoms with Crippen LogP contribution >= 0.6 is 0 Å². The van der Waals surface area contributed by atoms with E-state index in [1.54, 1.807) is 29.7 Å². The van der Waals surface area contributed by atoms with Gasteiger partial charge in [-0.2, -0.15) is 0 Å². The summed E-state index contributed by atoms with van der Waals surface area (Å²) in [6.07, 6.45) is 0.577. The Bertz CT molecular complexity index is 811. The van der Waals surface area contributed by atoms with Crippen molar-refractivity contribution in [1.29, 1.82) is 0 Å². The second kappa shape index (κ2) is 5.38. The number of aromatic nitrogens is 1. The van der Waals surface area contributed by atoms with Crippen LogP contribution < -0.4 is 5.48 Å². The van der Waals surface area contributed by atoms with Crippen LogP contribution in [0.15, 0.2) is 48.5 Å². The SMILES string of the molecule is O=C(NO)c1ccc2cc(Cc3cccc(F)c3)[nH]c2c1. The summed E-state index contributed by atoms with van der Waals surface area (Å²) in [6.45, 7) is 0. The van der Waals surface area contributed by atoms with Gasteiger partial charge in [0.15, 0.2) is 0 Å². The quantitative estimate of drug-likeness (QED) is 0.511. The number of rotatable bonds is 3. The van der Waals surface area contributed by atoms with Crippen molar-refractivity contribution in [2.75, 3.05) is 0 Å². The van der Waals surface area contributed by atoms with Crippen molar-refractivity contribution < 1.29 is 14.4 Å². The number of fused-ring (bicyclic) bond motifs is 1. The molecule has 0 unspecified atom stereocenters. The summed E-state index contributed by atoms with van der Waals surface area (Å²) in [6, 6.07) is 13.5. The summed E-state index contributed by atoms with van der Waals surface area (Å²) < 4.78 is 13.2. The molecule has 0 spiro atoms. The van der Waals surface area contributed by atoms with Crippen LogP contribution in [-0.2, 0) is 6.42 Å². The Balaban J connectivity index is 1.92. The van der Waals surface area contributed by atoms with Crippen LogP contribution in [0.1, 0.15) is 21.6 Å². The lowest BCUT2D eigenvalue weighted by atomic mass is 10.1. The lowest BCUT2D eigenvalue weighted by molar-refractivity contribution is 0.0706. The highest BCUT2D eigenvalue weighted by Gasteiger charge is 2.07. The molecule has 106 valence electrons. The third kappa shape index (κ3) is 2.78. The third-order valence-corrected chi connectivity index (χ3v) is 3.33. The Morgan fingerprint density at radius 2 is 2.05 bits per heavy atom. The van der Waals surface area contributed by atoms with Gasteiger partial charge in [0.2, 0.25) is 0 Å². The zero-order valence-corrected chi connectivity index (χ0v) is 11.1. The van der Waals surface area contributed by atoms with E-state index in [1.807, 2.05) is 12.1 Å². The van der Waals surface area contributed by atoms with Crippen LogP contribution in [0.4, 0.5) is 4.39 Å². The van der Waals surface area contributed by atoms with Gasteiger partial charge in [0, 0.05) is 23.2 Å². The van der Waals surface area contributed by atoms with Gasteiger partial charge in [-0.3, -0.25) is 10.0 Å². The van der Waals surface area contributed by atoms with Gasteiger partial charge in [0.05, 0.1) is 0 Å². The molecule has 0 atom stereocenters. The van der Waals surface area contributed by atoms with Crippen LogP contribution in [0.2, 0.25) is 0 Å². The first-order valence-electron chi connectivity index (χ1n) is 6.46. The number of carbonyl (C=O) groups is 1. The van der Waals surface area contributed by atoms with Gasteiger partial charge in [-0.1, -0.05) is 18.2 Å². The molecule has 0 aliphatic carbocycles. The van der Waals surface area contributed by atoms with Gasteiger partial charge in [0.1, 0.15) is 5.82 Å². The molecule has 1 aromatic heterocycles. The van der Waals surface area contributed by atoms with Crippen LogP contribution in [0.3, 0.4) is 0 Å². The molecule has 3 rings (SSSR count). The molecule has 0 fully saturated rings. The highest BCUT2D eigenvalue weighted by Crippen LogP contribution is 2.19. The van der Waals surface area contributed by atoms with Crippen molar-refractivity contribution in [1.82, 2.24) is 10.5 Å². The second-order valence-electron chi connectivity index (χ2n) is 4.84. The monoisotopic (exact) mass is 284 g/mol. The maximum Gasteiger partial charge on any atom is 0.274 e. The van der Waals surface area contributed by atoms with E-state index in [4.69, 9.17) is 5.21 Å². The molecule has 0 aliphatic rings. The van der Waals surface area contributed by atoms with Gasteiger partial charge in [-0.25, -0.2) is 9.87 Å². The number of hydrogen-bond donors (Lipinski definition) is 3. The van der Waals surface area contributed by atoms with E-state index in [-0.39, 0.29) is 5.82 Å². The number of halogens is 1. The minimum Gasteiger partial charge on any atom is -0.358 e. The number of carbonyl (C=O) groups excluding carboxylic acids is 1. The van der Waals surface area contributed by atoms with Gasteiger partial charge in [0.25, 0.3) is 5.91 Å². The Hall–Kier alpha value is -2.66. The lowest BCUT2D eigenvalue weighted by Crippen LogP contribution is -2.18. The highest BCUT2D eigenvalue weighted by atomic mass is 19.1. The zero-order chi connectivity index (χ0) is 14.8. The van der Waals surface area contributed by atoms with E-state index in [9.17, 15) is 9.18 Å². The maximum absolute atomic E-state index is 13.2. The molecular weight excluding hydrogens is 271 g/mol. The number of amides is 1. The smallest absolute Gasteiger partial charge is 0.274 e. The summed E-state index contributed by atoms with van der Waals surface area (Å²) in [7, 11) is 0. The van der Waals surface area contributed by atoms with Gasteiger partial charge in [-0.05, 0) is 41.3 Å². The lowest BCUT2D eigenvalue weighted by Gasteiger charge is -1.99. The fourth-order valence-corrected chi connectivity index (χ4v) is 2.36. The summed E-state index contributed by atoms with van der Waals surface area (Å²) in [5.41, 5.74) is 4.56. The predicted octanol–water partition coefficient (Wildman–Crippen LogP) is 3.02. The topological polar surface area (TPSA) is 65.1 Å². The summed E-state index contributed by atoms with van der Waals surface area (Å²) in [5.74, 6) is -0.816.